The maximum absolute atomic E-state index is 12.4. The molecule has 2 aromatic carbocycles. The minimum Gasteiger partial charge on any atom is -0.468 e. The number of hydrogen-bond donors (Lipinski definition) is 0. The Bertz CT molecular complexity index is 669. The van der Waals surface area contributed by atoms with E-state index in [2.05, 4.69) is 0 Å². The van der Waals surface area contributed by atoms with Crippen LogP contribution in [0.3, 0.4) is 0 Å². The van der Waals surface area contributed by atoms with Gasteiger partial charge < -0.3 is 9.64 Å². The quantitative estimate of drug-likeness (QED) is 0.495. The third kappa shape index (κ3) is 2.48. The normalized spacial score (nSPS) is 20.4. The van der Waals surface area contributed by atoms with Crippen LogP contribution < -0.4 is 0 Å². The van der Waals surface area contributed by atoms with Crippen LogP contribution in [0.25, 0.3) is 0 Å². The Morgan fingerprint density at radius 3 is 2.23 bits per heavy atom. The highest BCUT2D eigenvalue weighted by molar-refractivity contribution is 6.03. The second kappa shape index (κ2) is 6.02. The van der Waals surface area contributed by atoms with Crippen molar-refractivity contribution in [1.29, 1.82) is 0 Å². The average Bonchev–Trinajstić information content (AvgIpc) is 2.58. The molecule has 1 amide bonds. The van der Waals surface area contributed by atoms with Crippen molar-refractivity contribution in [1.82, 2.24) is 4.90 Å². The number of likely N-dealkylation sites (tertiary alicyclic amines) is 1. The number of carbonyl (C=O) groups excluding carboxylic acids is 2. The number of methoxy groups -OCH3 is 1. The highest BCUT2D eigenvalue weighted by atomic mass is 16.5. The Kier molecular flexibility index (Phi) is 3.92. The van der Waals surface area contributed by atoms with E-state index in [-0.39, 0.29) is 11.9 Å². The maximum Gasteiger partial charge on any atom is 0.320 e. The molecular weight excluding hydrogens is 278 g/mol. The topological polar surface area (TPSA) is 46.6 Å². The van der Waals surface area contributed by atoms with E-state index in [1.54, 1.807) is 4.90 Å². The summed E-state index contributed by atoms with van der Waals surface area (Å²) in [4.78, 5) is 26.0. The molecule has 1 aliphatic heterocycles. The largest absolute Gasteiger partial charge is 0.468 e. The summed E-state index contributed by atoms with van der Waals surface area (Å²) in [6.07, 6.45) is 0. The fourth-order valence-electron chi connectivity index (χ4n) is 2.88. The third-order valence-electron chi connectivity index (χ3n) is 3.99. The molecule has 3 rings (SSSR count). The van der Waals surface area contributed by atoms with Gasteiger partial charge in [0.25, 0.3) is 0 Å². The van der Waals surface area contributed by atoms with Gasteiger partial charge in [0.15, 0.2) is 5.92 Å². The van der Waals surface area contributed by atoms with E-state index in [9.17, 15) is 9.59 Å². The van der Waals surface area contributed by atoms with Crippen LogP contribution in [0.2, 0.25) is 0 Å². The molecule has 1 fully saturated rings. The standard InChI is InChI=1S/C18H17NO3/c1-22-18(21)15-16(14-10-6-3-7-11-14)19(17(15)20)12-13-8-4-2-5-9-13/h2-11,15-16H,12H2,1H3/t15-,16-/m1/s1. The summed E-state index contributed by atoms with van der Waals surface area (Å²) in [7, 11) is 1.32. The number of benzene rings is 2. The highest BCUT2D eigenvalue weighted by Gasteiger charge is 2.52. The smallest absolute Gasteiger partial charge is 0.320 e. The summed E-state index contributed by atoms with van der Waals surface area (Å²) in [5, 5.41) is 0. The van der Waals surface area contributed by atoms with Gasteiger partial charge in [-0.2, -0.15) is 0 Å². The van der Waals surface area contributed by atoms with Gasteiger partial charge in [0, 0.05) is 6.54 Å². The first kappa shape index (κ1) is 14.3. The number of β-lactam (4-membered cyclic amide) rings is 1. The van der Waals surface area contributed by atoms with E-state index in [0.29, 0.717) is 6.54 Å². The predicted octanol–water partition coefficient (Wildman–Crippen LogP) is 2.56. The average molecular weight is 295 g/mol. The number of esters is 1. The van der Waals surface area contributed by atoms with Crippen LogP contribution in [0.5, 0.6) is 0 Å². The van der Waals surface area contributed by atoms with E-state index in [1.807, 2.05) is 60.7 Å². The SMILES string of the molecule is COC(=O)[C@H]1C(=O)N(Cc2ccccc2)[C@@H]1c1ccccc1. The molecule has 1 heterocycles. The summed E-state index contributed by atoms with van der Waals surface area (Å²) < 4.78 is 4.79. The van der Waals surface area contributed by atoms with Gasteiger partial charge in [-0.15, -0.1) is 0 Å². The monoisotopic (exact) mass is 295 g/mol. The molecule has 4 nitrogen and oxygen atoms in total. The van der Waals surface area contributed by atoms with Crippen molar-refractivity contribution in [3.8, 4) is 0 Å². The Hall–Kier alpha value is -2.62. The predicted molar refractivity (Wildman–Crippen MR) is 81.7 cm³/mol. The summed E-state index contributed by atoms with van der Waals surface area (Å²) in [5.74, 6) is -1.39. The molecular formula is C18H17NO3. The second-order valence-corrected chi connectivity index (χ2v) is 5.31. The van der Waals surface area contributed by atoms with Crippen molar-refractivity contribution in [3.05, 3.63) is 71.8 Å². The van der Waals surface area contributed by atoms with Gasteiger partial charge in [-0.05, 0) is 11.1 Å². The van der Waals surface area contributed by atoms with Gasteiger partial charge in [-0.3, -0.25) is 9.59 Å². The van der Waals surface area contributed by atoms with Crippen LogP contribution in [0.4, 0.5) is 0 Å². The molecule has 2 aromatic rings. The van der Waals surface area contributed by atoms with Crippen LogP contribution in [-0.4, -0.2) is 23.9 Å². The first-order valence-corrected chi connectivity index (χ1v) is 7.19. The number of carbonyl (C=O) groups is 2. The molecule has 0 saturated carbocycles. The van der Waals surface area contributed by atoms with Crippen molar-refractivity contribution >= 4 is 11.9 Å². The van der Waals surface area contributed by atoms with Gasteiger partial charge in [0.05, 0.1) is 13.2 Å². The lowest BCUT2D eigenvalue weighted by atomic mass is 9.82. The molecule has 22 heavy (non-hydrogen) atoms. The van der Waals surface area contributed by atoms with E-state index >= 15 is 0 Å². The number of ether oxygens (including phenoxy) is 1. The molecule has 0 aromatic heterocycles. The molecule has 0 unspecified atom stereocenters. The van der Waals surface area contributed by atoms with Crippen LogP contribution in [0.1, 0.15) is 17.2 Å². The first-order valence-electron chi connectivity index (χ1n) is 7.19. The van der Waals surface area contributed by atoms with Gasteiger partial charge in [0.1, 0.15) is 0 Å². The molecule has 0 spiro atoms. The zero-order valence-electron chi connectivity index (χ0n) is 12.3. The molecule has 112 valence electrons. The van der Waals surface area contributed by atoms with Gasteiger partial charge in [0.2, 0.25) is 5.91 Å². The second-order valence-electron chi connectivity index (χ2n) is 5.31. The Morgan fingerprint density at radius 1 is 1.05 bits per heavy atom. The molecule has 0 bridgehead atoms. The Labute approximate surface area is 129 Å². The summed E-state index contributed by atoms with van der Waals surface area (Å²) in [6.45, 7) is 0.493. The van der Waals surface area contributed by atoms with E-state index in [1.165, 1.54) is 7.11 Å². The molecule has 2 atom stereocenters. The number of nitrogens with zero attached hydrogens (tertiary/aromatic N) is 1. The lowest BCUT2D eigenvalue weighted by Crippen LogP contribution is -2.57. The molecule has 0 aliphatic carbocycles. The molecule has 1 saturated heterocycles. The van der Waals surface area contributed by atoms with Crippen molar-refractivity contribution < 1.29 is 14.3 Å². The lowest BCUT2D eigenvalue weighted by molar-refractivity contribution is -0.173. The zero-order valence-corrected chi connectivity index (χ0v) is 12.3. The minimum absolute atomic E-state index is 0.176. The first-order chi connectivity index (χ1) is 10.7. The van der Waals surface area contributed by atoms with E-state index in [0.717, 1.165) is 11.1 Å². The van der Waals surface area contributed by atoms with E-state index in [4.69, 9.17) is 4.74 Å². The van der Waals surface area contributed by atoms with Gasteiger partial charge in [-0.25, -0.2) is 0 Å². The summed E-state index contributed by atoms with van der Waals surface area (Å²) in [6, 6.07) is 19.1. The fraction of sp³-hybridized carbons (Fsp3) is 0.222. The van der Waals surface area contributed by atoms with Crippen LogP contribution in [0.15, 0.2) is 60.7 Å². The molecule has 4 heteroatoms. The number of rotatable bonds is 4. The van der Waals surface area contributed by atoms with Gasteiger partial charge >= 0.3 is 5.97 Å². The van der Waals surface area contributed by atoms with Crippen LogP contribution >= 0.6 is 0 Å². The Morgan fingerprint density at radius 2 is 1.64 bits per heavy atom. The minimum atomic E-state index is -0.740. The van der Waals surface area contributed by atoms with Crippen molar-refractivity contribution in [3.63, 3.8) is 0 Å². The van der Waals surface area contributed by atoms with Crippen molar-refractivity contribution in [2.45, 2.75) is 12.6 Å². The number of hydrogen-bond acceptors (Lipinski definition) is 3. The van der Waals surface area contributed by atoms with Crippen molar-refractivity contribution in [2.75, 3.05) is 7.11 Å². The third-order valence-corrected chi connectivity index (χ3v) is 3.99. The maximum atomic E-state index is 12.4. The Balaban J connectivity index is 1.88. The highest BCUT2D eigenvalue weighted by Crippen LogP contribution is 2.41. The molecule has 0 radical (unpaired) electrons. The van der Waals surface area contributed by atoms with Crippen molar-refractivity contribution in [2.24, 2.45) is 5.92 Å². The summed E-state index contributed by atoms with van der Waals surface area (Å²) >= 11 is 0. The van der Waals surface area contributed by atoms with Gasteiger partial charge in [-0.1, -0.05) is 60.7 Å². The van der Waals surface area contributed by atoms with E-state index < -0.39 is 11.9 Å². The lowest BCUT2D eigenvalue weighted by Gasteiger charge is -2.46. The fourth-order valence-corrected chi connectivity index (χ4v) is 2.88. The van der Waals surface area contributed by atoms with Crippen LogP contribution in [0, 0.1) is 5.92 Å². The van der Waals surface area contributed by atoms with Crippen LogP contribution in [-0.2, 0) is 20.9 Å². The molecule has 1 aliphatic rings. The summed E-state index contributed by atoms with van der Waals surface area (Å²) in [5.41, 5.74) is 1.99. The molecule has 0 N–H and O–H groups in total. The number of amides is 1. The zero-order chi connectivity index (χ0) is 15.5.